The Labute approximate surface area is 148 Å². The van der Waals surface area contributed by atoms with Gasteiger partial charge in [0, 0.05) is 31.6 Å². The van der Waals surface area contributed by atoms with Crippen molar-refractivity contribution in [1.82, 2.24) is 9.80 Å². The molecule has 1 saturated carbocycles. The number of rotatable bonds is 3. The summed E-state index contributed by atoms with van der Waals surface area (Å²) in [6.07, 6.45) is 2.35. The molecule has 4 rings (SSSR count). The van der Waals surface area contributed by atoms with Crippen molar-refractivity contribution in [2.45, 2.75) is 25.0 Å². The molecular weight excluding hydrogens is 316 g/mol. The second-order valence-electron chi connectivity index (χ2n) is 7.66. The quantitative estimate of drug-likeness (QED) is 0.860. The smallest absolute Gasteiger partial charge is 0.289 e. The van der Waals surface area contributed by atoms with Crippen LogP contribution in [-0.4, -0.2) is 62.1 Å². The van der Waals surface area contributed by atoms with Gasteiger partial charge in [-0.2, -0.15) is 0 Å². The van der Waals surface area contributed by atoms with Gasteiger partial charge in [-0.25, -0.2) is 0 Å². The van der Waals surface area contributed by atoms with E-state index in [2.05, 4.69) is 19.0 Å². The number of carbonyl (C=O) groups excluding carboxylic acids is 1. The molecule has 0 radical (unpaired) electrons. The number of hydrogen-bond acceptors (Lipinski definition) is 4. The topological polar surface area (TPSA) is 45.9 Å². The molecule has 0 N–H and O–H groups in total. The number of ether oxygens (including phenoxy) is 1. The molecule has 0 spiro atoms. The summed E-state index contributed by atoms with van der Waals surface area (Å²) in [5, 5.41) is 0.981. The predicted molar refractivity (Wildman–Crippen MR) is 96.6 cm³/mol. The summed E-state index contributed by atoms with van der Waals surface area (Å²) < 4.78 is 11.5. The monoisotopic (exact) mass is 342 g/mol. The van der Waals surface area contributed by atoms with E-state index in [1.807, 2.05) is 35.2 Å². The summed E-state index contributed by atoms with van der Waals surface area (Å²) in [5.41, 5.74) is 0.773. The maximum Gasteiger partial charge on any atom is 0.289 e. The molecule has 1 aromatic carbocycles. The predicted octanol–water partition coefficient (Wildman–Crippen LogP) is 2.86. The van der Waals surface area contributed by atoms with Crippen LogP contribution >= 0.6 is 0 Å². The summed E-state index contributed by atoms with van der Waals surface area (Å²) in [4.78, 5) is 17.1. The van der Waals surface area contributed by atoms with Gasteiger partial charge in [-0.05, 0) is 50.9 Å². The van der Waals surface area contributed by atoms with Crippen molar-refractivity contribution >= 4 is 16.9 Å². The SMILES string of the molecule is CO[C@@H]1C[C@H]2CN(C(=O)c3cc4ccccc4o3)C[C@H]2C[C@H]1N(C)C. The molecule has 1 aliphatic carbocycles. The van der Waals surface area contributed by atoms with E-state index < -0.39 is 0 Å². The first-order chi connectivity index (χ1) is 12.1. The molecular formula is C20H26N2O3. The van der Waals surface area contributed by atoms with Crippen molar-refractivity contribution in [2.24, 2.45) is 11.8 Å². The number of likely N-dealkylation sites (N-methyl/N-ethyl adjacent to an activating group) is 1. The van der Waals surface area contributed by atoms with Crippen LogP contribution in [-0.2, 0) is 4.74 Å². The van der Waals surface area contributed by atoms with Crippen LogP contribution in [0.5, 0.6) is 0 Å². The highest BCUT2D eigenvalue weighted by atomic mass is 16.5. The van der Waals surface area contributed by atoms with Crippen LogP contribution in [0.15, 0.2) is 34.7 Å². The highest BCUT2D eigenvalue weighted by Gasteiger charge is 2.44. The average molecular weight is 342 g/mol. The Balaban J connectivity index is 1.51. The van der Waals surface area contributed by atoms with Gasteiger partial charge in [0.25, 0.3) is 5.91 Å². The Morgan fingerprint density at radius 1 is 1.20 bits per heavy atom. The number of carbonyl (C=O) groups is 1. The van der Waals surface area contributed by atoms with Crippen LogP contribution < -0.4 is 0 Å². The molecule has 2 aliphatic rings. The van der Waals surface area contributed by atoms with Crippen LogP contribution in [0.4, 0.5) is 0 Å². The molecule has 2 heterocycles. The van der Waals surface area contributed by atoms with E-state index in [1.54, 1.807) is 7.11 Å². The van der Waals surface area contributed by atoms with E-state index in [-0.39, 0.29) is 12.0 Å². The Bertz CT molecular complexity index is 736. The van der Waals surface area contributed by atoms with Crippen molar-refractivity contribution in [3.63, 3.8) is 0 Å². The van der Waals surface area contributed by atoms with Gasteiger partial charge >= 0.3 is 0 Å². The lowest BCUT2D eigenvalue weighted by Gasteiger charge is -2.40. The number of fused-ring (bicyclic) bond motifs is 2. The van der Waals surface area contributed by atoms with Crippen molar-refractivity contribution in [3.05, 3.63) is 36.1 Å². The fourth-order valence-electron chi connectivity index (χ4n) is 4.60. The first-order valence-electron chi connectivity index (χ1n) is 9.04. The minimum absolute atomic E-state index is 0.0148. The molecule has 5 heteroatoms. The van der Waals surface area contributed by atoms with Crippen molar-refractivity contribution in [2.75, 3.05) is 34.3 Å². The number of amides is 1. The third-order valence-corrected chi connectivity index (χ3v) is 5.97. The number of furan rings is 1. The summed E-state index contributed by atoms with van der Waals surface area (Å²) >= 11 is 0. The molecule has 1 saturated heterocycles. The molecule has 25 heavy (non-hydrogen) atoms. The van der Waals surface area contributed by atoms with Gasteiger partial charge in [-0.3, -0.25) is 4.79 Å². The summed E-state index contributed by atoms with van der Waals surface area (Å²) in [5.74, 6) is 1.54. The van der Waals surface area contributed by atoms with E-state index >= 15 is 0 Å². The van der Waals surface area contributed by atoms with E-state index in [0.717, 1.165) is 36.9 Å². The lowest BCUT2D eigenvalue weighted by atomic mass is 9.77. The van der Waals surface area contributed by atoms with Crippen LogP contribution in [0.25, 0.3) is 11.0 Å². The molecule has 4 atom stereocenters. The molecule has 134 valence electrons. The number of benzene rings is 1. The number of para-hydroxylation sites is 1. The van der Waals surface area contributed by atoms with Gasteiger partial charge in [0.15, 0.2) is 5.76 Å². The number of likely N-dealkylation sites (tertiary alicyclic amines) is 1. The minimum atomic E-state index is 0.0148. The van der Waals surface area contributed by atoms with Crippen LogP contribution in [0, 0.1) is 11.8 Å². The molecule has 1 amide bonds. The zero-order valence-electron chi connectivity index (χ0n) is 15.1. The fraction of sp³-hybridized carbons (Fsp3) is 0.550. The molecule has 5 nitrogen and oxygen atoms in total. The third-order valence-electron chi connectivity index (χ3n) is 5.97. The lowest BCUT2D eigenvalue weighted by Crippen LogP contribution is -2.47. The van der Waals surface area contributed by atoms with Gasteiger partial charge in [0.1, 0.15) is 5.58 Å². The van der Waals surface area contributed by atoms with Crippen LogP contribution in [0.1, 0.15) is 23.4 Å². The van der Waals surface area contributed by atoms with Crippen molar-refractivity contribution in [3.8, 4) is 0 Å². The average Bonchev–Trinajstić information content (AvgIpc) is 3.23. The standard InChI is InChI=1S/C20H26N2O3/c1-21(2)16-8-14-11-22(12-15(14)10-18(16)24-3)20(23)19-9-13-6-4-5-7-17(13)25-19/h4-7,9,14-16,18H,8,10-12H2,1-3H3/t14-,15+,16-,18-/m1/s1. The fourth-order valence-corrected chi connectivity index (χ4v) is 4.60. The summed E-state index contributed by atoms with van der Waals surface area (Å²) in [6.45, 7) is 1.63. The Hall–Kier alpha value is -1.85. The molecule has 1 aromatic heterocycles. The Kier molecular flexibility index (Phi) is 4.29. The normalized spacial score (nSPS) is 29.4. The highest BCUT2D eigenvalue weighted by molar-refractivity contribution is 5.96. The van der Waals surface area contributed by atoms with Crippen molar-refractivity contribution < 1.29 is 13.9 Å². The molecule has 2 aromatic rings. The van der Waals surface area contributed by atoms with Gasteiger partial charge < -0.3 is 19.0 Å². The Morgan fingerprint density at radius 3 is 2.60 bits per heavy atom. The van der Waals surface area contributed by atoms with Gasteiger partial charge in [-0.15, -0.1) is 0 Å². The molecule has 0 bridgehead atoms. The van der Waals surface area contributed by atoms with E-state index in [1.165, 1.54) is 0 Å². The maximum absolute atomic E-state index is 12.9. The van der Waals surface area contributed by atoms with E-state index in [0.29, 0.717) is 23.6 Å². The number of hydrogen-bond donors (Lipinski definition) is 0. The number of nitrogens with zero attached hydrogens (tertiary/aromatic N) is 2. The molecule has 1 aliphatic heterocycles. The van der Waals surface area contributed by atoms with E-state index in [4.69, 9.17) is 9.15 Å². The van der Waals surface area contributed by atoms with Crippen LogP contribution in [0.2, 0.25) is 0 Å². The third kappa shape index (κ3) is 2.96. The summed E-state index contributed by atoms with van der Waals surface area (Å²) in [7, 11) is 6.03. The van der Waals surface area contributed by atoms with Gasteiger partial charge in [-0.1, -0.05) is 18.2 Å². The maximum atomic E-state index is 12.9. The minimum Gasteiger partial charge on any atom is -0.451 e. The second-order valence-corrected chi connectivity index (χ2v) is 7.66. The van der Waals surface area contributed by atoms with Crippen LogP contribution in [0.3, 0.4) is 0 Å². The molecule has 0 unspecified atom stereocenters. The van der Waals surface area contributed by atoms with Gasteiger partial charge in [0.05, 0.1) is 6.10 Å². The first-order valence-corrected chi connectivity index (χ1v) is 9.04. The highest BCUT2D eigenvalue weighted by Crippen LogP contribution is 2.39. The summed E-state index contributed by atoms with van der Waals surface area (Å²) in [6, 6.07) is 10.1. The van der Waals surface area contributed by atoms with E-state index in [9.17, 15) is 4.79 Å². The lowest BCUT2D eigenvalue weighted by molar-refractivity contribution is -0.0209. The Morgan fingerprint density at radius 2 is 1.92 bits per heavy atom. The number of methoxy groups -OCH3 is 1. The molecule has 2 fully saturated rings. The second kappa shape index (κ2) is 6.46. The van der Waals surface area contributed by atoms with Gasteiger partial charge in [0.2, 0.25) is 0 Å². The zero-order valence-corrected chi connectivity index (χ0v) is 15.1. The largest absolute Gasteiger partial charge is 0.451 e. The zero-order chi connectivity index (χ0) is 17.6. The first kappa shape index (κ1) is 16.6. The van der Waals surface area contributed by atoms with Crippen molar-refractivity contribution in [1.29, 1.82) is 0 Å².